The molecule has 0 radical (unpaired) electrons. The Morgan fingerprint density at radius 3 is 2.71 bits per heavy atom. The van der Waals surface area contributed by atoms with Crippen molar-refractivity contribution in [2.75, 3.05) is 6.54 Å². The summed E-state index contributed by atoms with van der Waals surface area (Å²) in [6, 6.07) is 0. The summed E-state index contributed by atoms with van der Waals surface area (Å²) >= 11 is 0. The Balaban J connectivity index is 2.00. The smallest absolute Gasteiger partial charge is 0.154 e. The van der Waals surface area contributed by atoms with Crippen molar-refractivity contribution < 1.29 is 0 Å². The first-order chi connectivity index (χ1) is 8.12. The molecule has 0 aliphatic heterocycles. The van der Waals surface area contributed by atoms with Crippen molar-refractivity contribution in [1.82, 2.24) is 20.2 Å². The van der Waals surface area contributed by atoms with E-state index < -0.39 is 0 Å². The van der Waals surface area contributed by atoms with Gasteiger partial charge in [0.1, 0.15) is 0 Å². The molecule has 1 aromatic heterocycles. The molecule has 1 heterocycles. The van der Waals surface area contributed by atoms with Crippen LogP contribution in [-0.2, 0) is 6.54 Å². The summed E-state index contributed by atoms with van der Waals surface area (Å²) in [5, 5.41) is 12.1. The van der Waals surface area contributed by atoms with E-state index >= 15 is 0 Å². The van der Waals surface area contributed by atoms with Gasteiger partial charge in [0.2, 0.25) is 0 Å². The van der Waals surface area contributed by atoms with Crippen LogP contribution in [0.5, 0.6) is 0 Å². The Labute approximate surface area is 103 Å². The molecule has 0 unspecified atom stereocenters. The third-order valence-corrected chi connectivity index (χ3v) is 3.84. The van der Waals surface area contributed by atoms with Gasteiger partial charge < -0.3 is 5.73 Å². The van der Waals surface area contributed by atoms with Crippen LogP contribution in [0.2, 0.25) is 0 Å². The second-order valence-electron chi connectivity index (χ2n) is 5.84. The summed E-state index contributed by atoms with van der Waals surface area (Å²) in [7, 11) is 0. The molecule has 0 amide bonds. The highest BCUT2D eigenvalue weighted by Crippen LogP contribution is 2.41. The maximum atomic E-state index is 5.53. The second kappa shape index (κ2) is 5.12. The highest BCUT2D eigenvalue weighted by molar-refractivity contribution is 4.97. The van der Waals surface area contributed by atoms with Gasteiger partial charge in [-0.2, -0.15) is 0 Å². The van der Waals surface area contributed by atoms with Gasteiger partial charge in [-0.3, -0.25) is 0 Å². The third-order valence-electron chi connectivity index (χ3n) is 3.84. The van der Waals surface area contributed by atoms with Crippen molar-refractivity contribution in [1.29, 1.82) is 0 Å². The molecule has 0 bridgehead atoms. The molecule has 1 aromatic rings. The average molecular weight is 237 g/mol. The quantitative estimate of drug-likeness (QED) is 0.865. The number of nitrogens with zero attached hydrogens (tertiary/aromatic N) is 4. The molecule has 0 spiro atoms. The molecule has 0 aromatic carbocycles. The molecule has 2 rings (SSSR count). The monoisotopic (exact) mass is 237 g/mol. The minimum Gasteiger partial charge on any atom is -0.330 e. The molecule has 17 heavy (non-hydrogen) atoms. The summed E-state index contributed by atoms with van der Waals surface area (Å²) in [5.74, 6) is 1.60. The van der Waals surface area contributed by atoms with E-state index in [-0.39, 0.29) is 0 Å². The molecular formula is C12H23N5. The summed E-state index contributed by atoms with van der Waals surface area (Å²) in [6.07, 6.45) is 5.88. The zero-order valence-electron chi connectivity index (χ0n) is 10.9. The Kier molecular flexibility index (Phi) is 3.76. The summed E-state index contributed by atoms with van der Waals surface area (Å²) in [6.45, 7) is 6.23. The van der Waals surface area contributed by atoms with Gasteiger partial charge >= 0.3 is 0 Å². The fourth-order valence-corrected chi connectivity index (χ4v) is 2.56. The van der Waals surface area contributed by atoms with Crippen LogP contribution in [0.1, 0.15) is 57.7 Å². The van der Waals surface area contributed by atoms with Gasteiger partial charge in [0.25, 0.3) is 0 Å². The largest absolute Gasteiger partial charge is 0.330 e. The van der Waals surface area contributed by atoms with E-state index in [1.807, 2.05) is 4.68 Å². The lowest BCUT2D eigenvalue weighted by molar-refractivity contribution is 0.217. The summed E-state index contributed by atoms with van der Waals surface area (Å²) in [4.78, 5) is 0. The van der Waals surface area contributed by atoms with Crippen LogP contribution in [0.25, 0.3) is 0 Å². The van der Waals surface area contributed by atoms with Gasteiger partial charge in [0, 0.05) is 12.5 Å². The predicted octanol–water partition coefficient (Wildman–Crippen LogP) is 1.71. The lowest BCUT2D eigenvalue weighted by Crippen LogP contribution is -2.22. The molecule has 1 saturated carbocycles. The first-order valence-corrected chi connectivity index (χ1v) is 6.58. The van der Waals surface area contributed by atoms with Crippen LogP contribution in [0.3, 0.4) is 0 Å². The van der Waals surface area contributed by atoms with Gasteiger partial charge in [-0.15, -0.1) is 5.10 Å². The molecule has 96 valence electrons. The van der Waals surface area contributed by atoms with Crippen molar-refractivity contribution in [2.45, 2.75) is 58.4 Å². The fraction of sp³-hybridized carbons (Fsp3) is 0.917. The number of hydrogen-bond donors (Lipinski definition) is 1. The highest BCUT2D eigenvalue weighted by atomic mass is 15.5. The number of aromatic nitrogens is 4. The van der Waals surface area contributed by atoms with Gasteiger partial charge in [-0.25, -0.2) is 4.68 Å². The lowest BCUT2D eigenvalue weighted by Gasteiger charge is -2.33. The standard InChI is InChI=1S/C12H23N5/c1-12(2)6-4-10(5-7-12)11-14-15-16-17(11)9-3-8-13/h10H,3-9,13H2,1-2H3. The normalized spacial score (nSPS) is 20.6. The number of nitrogens with two attached hydrogens (primary N) is 1. The van der Waals surface area contributed by atoms with E-state index in [1.54, 1.807) is 0 Å². The molecule has 1 aliphatic rings. The lowest BCUT2D eigenvalue weighted by atomic mass is 9.73. The molecule has 0 saturated heterocycles. The molecule has 1 aliphatic carbocycles. The van der Waals surface area contributed by atoms with E-state index in [0.29, 0.717) is 17.9 Å². The zero-order chi connectivity index (χ0) is 12.3. The van der Waals surface area contributed by atoms with Crippen LogP contribution in [0.15, 0.2) is 0 Å². The van der Waals surface area contributed by atoms with E-state index in [1.165, 1.54) is 25.7 Å². The van der Waals surface area contributed by atoms with Crippen molar-refractivity contribution in [3.8, 4) is 0 Å². The number of rotatable bonds is 4. The first-order valence-electron chi connectivity index (χ1n) is 6.58. The maximum Gasteiger partial charge on any atom is 0.154 e. The Morgan fingerprint density at radius 1 is 1.35 bits per heavy atom. The van der Waals surface area contributed by atoms with Crippen molar-refractivity contribution >= 4 is 0 Å². The van der Waals surface area contributed by atoms with E-state index in [2.05, 4.69) is 29.4 Å². The van der Waals surface area contributed by atoms with Crippen LogP contribution in [-0.4, -0.2) is 26.8 Å². The van der Waals surface area contributed by atoms with Crippen LogP contribution >= 0.6 is 0 Å². The van der Waals surface area contributed by atoms with Crippen molar-refractivity contribution in [3.05, 3.63) is 5.82 Å². The van der Waals surface area contributed by atoms with Gasteiger partial charge in [-0.05, 0) is 54.5 Å². The van der Waals surface area contributed by atoms with E-state index in [4.69, 9.17) is 5.73 Å². The van der Waals surface area contributed by atoms with Crippen molar-refractivity contribution in [2.24, 2.45) is 11.1 Å². The fourth-order valence-electron chi connectivity index (χ4n) is 2.56. The van der Waals surface area contributed by atoms with E-state index in [0.717, 1.165) is 18.8 Å². The molecular weight excluding hydrogens is 214 g/mol. The molecule has 5 nitrogen and oxygen atoms in total. The summed E-state index contributed by atoms with van der Waals surface area (Å²) < 4.78 is 1.94. The van der Waals surface area contributed by atoms with Crippen molar-refractivity contribution in [3.63, 3.8) is 0 Å². The molecule has 2 N–H and O–H groups in total. The Morgan fingerprint density at radius 2 is 2.06 bits per heavy atom. The molecule has 1 fully saturated rings. The predicted molar refractivity (Wildman–Crippen MR) is 66.5 cm³/mol. The molecule has 5 heteroatoms. The zero-order valence-corrected chi connectivity index (χ0v) is 10.9. The number of hydrogen-bond acceptors (Lipinski definition) is 4. The third kappa shape index (κ3) is 3.03. The number of aryl methyl sites for hydroxylation is 1. The second-order valence-corrected chi connectivity index (χ2v) is 5.84. The SMILES string of the molecule is CC1(C)CCC(c2nnnn2CCCN)CC1. The van der Waals surface area contributed by atoms with Crippen LogP contribution in [0, 0.1) is 5.41 Å². The average Bonchev–Trinajstić information content (AvgIpc) is 2.74. The topological polar surface area (TPSA) is 69.6 Å². The Hall–Kier alpha value is -0.970. The van der Waals surface area contributed by atoms with Crippen LogP contribution in [0.4, 0.5) is 0 Å². The first kappa shape index (κ1) is 12.5. The van der Waals surface area contributed by atoms with Gasteiger partial charge in [-0.1, -0.05) is 13.8 Å². The Bertz CT molecular complexity index is 348. The van der Waals surface area contributed by atoms with Gasteiger partial charge in [0.05, 0.1) is 0 Å². The number of tetrazole rings is 1. The van der Waals surface area contributed by atoms with Crippen LogP contribution < -0.4 is 5.73 Å². The van der Waals surface area contributed by atoms with E-state index in [9.17, 15) is 0 Å². The minimum absolute atomic E-state index is 0.492. The van der Waals surface area contributed by atoms with Gasteiger partial charge in [0.15, 0.2) is 5.82 Å². The minimum atomic E-state index is 0.492. The highest BCUT2D eigenvalue weighted by Gasteiger charge is 2.30. The maximum absolute atomic E-state index is 5.53. The molecule has 0 atom stereocenters. The summed E-state index contributed by atoms with van der Waals surface area (Å²) in [5.41, 5.74) is 6.02.